The molecule has 0 saturated heterocycles. The summed E-state index contributed by atoms with van der Waals surface area (Å²) in [6.45, 7) is 10.7. The van der Waals surface area contributed by atoms with E-state index < -0.39 is 17.5 Å². The minimum absolute atomic E-state index is 0.0373. The van der Waals surface area contributed by atoms with Gasteiger partial charge in [0.2, 0.25) is 0 Å². The fourth-order valence-corrected chi connectivity index (χ4v) is 5.30. The lowest BCUT2D eigenvalue weighted by Gasteiger charge is -2.47. The van der Waals surface area contributed by atoms with Crippen LogP contribution < -0.4 is 4.74 Å². The zero-order valence-electron chi connectivity index (χ0n) is 24.9. The summed E-state index contributed by atoms with van der Waals surface area (Å²) in [6, 6.07) is 12.9. The summed E-state index contributed by atoms with van der Waals surface area (Å²) in [5, 5.41) is 0. The van der Waals surface area contributed by atoms with Gasteiger partial charge >= 0.3 is 11.9 Å². The van der Waals surface area contributed by atoms with Crippen molar-refractivity contribution in [2.75, 3.05) is 20.3 Å². The zero-order chi connectivity index (χ0) is 29.7. The first-order valence-electron chi connectivity index (χ1n) is 14.2. The number of fused-ring (bicyclic) bond motifs is 3. The van der Waals surface area contributed by atoms with Crippen LogP contribution in [0.3, 0.4) is 0 Å². The Kier molecular flexibility index (Phi) is 9.53. The predicted octanol–water partition coefficient (Wildman–Crippen LogP) is 5.58. The average Bonchev–Trinajstić information content (AvgIpc) is 2.92. The van der Waals surface area contributed by atoms with Crippen LogP contribution in [0, 0.1) is 5.92 Å². The topological polar surface area (TPSA) is 91.4 Å². The fourth-order valence-electron chi connectivity index (χ4n) is 5.30. The van der Waals surface area contributed by atoms with Crippen molar-refractivity contribution in [3.63, 3.8) is 0 Å². The van der Waals surface area contributed by atoms with E-state index in [1.807, 2.05) is 42.5 Å². The molecule has 0 spiro atoms. The number of Topliss-reactive ketones (excluding diaryl/α,β-unsaturated/α-hetero) is 1. The quantitative estimate of drug-likeness (QED) is 0.210. The first-order valence-corrected chi connectivity index (χ1v) is 14.2. The van der Waals surface area contributed by atoms with E-state index in [1.54, 1.807) is 34.1 Å². The highest BCUT2D eigenvalue weighted by molar-refractivity contribution is 6.18. The van der Waals surface area contributed by atoms with E-state index in [-0.39, 0.29) is 42.4 Å². The summed E-state index contributed by atoms with van der Waals surface area (Å²) in [6.07, 6.45) is 3.11. The minimum atomic E-state index is -0.713. The van der Waals surface area contributed by atoms with Gasteiger partial charge in [-0.2, -0.15) is 0 Å². The second-order valence-electron chi connectivity index (χ2n) is 12.0. The highest BCUT2D eigenvalue weighted by Crippen LogP contribution is 2.43. The van der Waals surface area contributed by atoms with Crippen LogP contribution in [0.15, 0.2) is 54.2 Å². The van der Waals surface area contributed by atoms with Gasteiger partial charge in [-0.05, 0) is 61.9 Å². The van der Waals surface area contributed by atoms with Crippen LogP contribution in [0.4, 0.5) is 0 Å². The minimum Gasteiger partial charge on any atom is -0.493 e. The van der Waals surface area contributed by atoms with Gasteiger partial charge in [-0.15, -0.1) is 0 Å². The van der Waals surface area contributed by atoms with E-state index in [4.69, 9.17) is 18.9 Å². The van der Waals surface area contributed by atoms with Crippen molar-refractivity contribution in [2.24, 2.45) is 5.92 Å². The molecule has 0 radical (unpaired) electrons. The Hall–Kier alpha value is -3.65. The third-order valence-electron chi connectivity index (χ3n) is 7.30. The molecular weight excluding hydrogens is 522 g/mol. The van der Waals surface area contributed by atoms with E-state index in [9.17, 15) is 14.4 Å². The van der Waals surface area contributed by atoms with E-state index >= 15 is 0 Å². The molecule has 0 aromatic heterocycles. The summed E-state index contributed by atoms with van der Waals surface area (Å²) >= 11 is 0. The summed E-state index contributed by atoms with van der Waals surface area (Å²) in [5.74, 6) is -0.691. The van der Waals surface area contributed by atoms with Crippen LogP contribution in [0.25, 0.3) is 0 Å². The first kappa shape index (κ1) is 30.3. The highest BCUT2D eigenvalue weighted by Gasteiger charge is 2.42. The number of rotatable bonds is 10. The highest BCUT2D eigenvalue weighted by atomic mass is 16.6. The molecule has 0 saturated carbocycles. The van der Waals surface area contributed by atoms with E-state index in [1.165, 1.54) is 0 Å². The molecule has 0 aliphatic carbocycles. The maximum absolute atomic E-state index is 13.4. The Labute approximate surface area is 242 Å². The third kappa shape index (κ3) is 7.36. The number of methoxy groups -OCH3 is 1. The molecule has 8 heteroatoms. The van der Waals surface area contributed by atoms with E-state index in [0.29, 0.717) is 37.4 Å². The average molecular weight is 564 g/mol. The number of carbonyl (C=O) groups excluding carboxylic acids is 3. The van der Waals surface area contributed by atoms with Crippen molar-refractivity contribution in [1.29, 1.82) is 0 Å². The molecule has 2 aromatic rings. The van der Waals surface area contributed by atoms with Gasteiger partial charge in [0.15, 0.2) is 5.78 Å². The Morgan fingerprint density at radius 2 is 1.76 bits per heavy atom. The molecule has 2 unspecified atom stereocenters. The molecule has 0 amide bonds. The molecule has 2 aliphatic heterocycles. The van der Waals surface area contributed by atoms with Gasteiger partial charge < -0.3 is 23.8 Å². The second kappa shape index (κ2) is 12.9. The number of hydrogen-bond donors (Lipinski definition) is 0. The van der Waals surface area contributed by atoms with Gasteiger partial charge in [0.25, 0.3) is 0 Å². The fraction of sp³-hybridized carbons (Fsp3) is 0.485. The lowest BCUT2D eigenvalue weighted by molar-refractivity contribution is -0.151. The van der Waals surface area contributed by atoms with Gasteiger partial charge in [0.1, 0.15) is 29.1 Å². The van der Waals surface area contributed by atoms with Crippen molar-refractivity contribution in [3.8, 4) is 5.75 Å². The van der Waals surface area contributed by atoms with Crippen LogP contribution in [0.2, 0.25) is 0 Å². The lowest BCUT2D eigenvalue weighted by Crippen LogP contribution is -2.47. The van der Waals surface area contributed by atoms with E-state index in [0.717, 1.165) is 16.7 Å². The van der Waals surface area contributed by atoms with Gasteiger partial charge in [0.05, 0.1) is 12.6 Å². The lowest BCUT2D eigenvalue weighted by atomic mass is 9.79. The number of esters is 2. The van der Waals surface area contributed by atoms with Crippen molar-refractivity contribution in [1.82, 2.24) is 4.90 Å². The summed E-state index contributed by atoms with van der Waals surface area (Å²) in [5.41, 5.74) is 2.43. The zero-order valence-corrected chi connectivity index (χ0v) is 24.9. The monoisotopic (exact) mass is 563 g/mol. The SMILES string of the molecule is COCCCOc1cc2c(cc1C(=O)OCc1ccccc1)C1CC(=O)C(C(=O)OC(C)(C)C)=CN1C(C(C)C)C2. The Morgan fingerprint density at radius 1 is 1.02 bits per heavy atom. The summed E-state index contributed by atoms with van der Waals surface area (Å²) in [4.78, 5) is 41.7. The van der Waals surface area contributed by atoms with Crippen molar-refractivity contribution in [3.05, 3.63) is 76.5 Å². The molecule has 0 N–H and O–H groups in total. The van der Waals surface area contributed by atoms with Gasteiger partial charge in [0, 0.05) is 38.8 Å². The first-order chi connectivity index (χ1) is 19.5. The summed E-state index contributed by atoms with van der Waals surface area (Å²) < 4.78 is 22.5. The molecule has 2 aromatic carbocycles. The molecule has 2 heterocycles. The number of ketones is 1. The van der Waals surface area contributed by atoms with Gasteiger partial charge in [-0.3, -0.25) is 4.79 Å². The number of nitrogens with zero attached hydrogens (tertiary/aromatic N) is 1. The largest absolute Gasteiger partial charge is 0.493 e. The maximum Gasteiger partial charge on any atom is 0.343 e. The number of carbonyl (C=O) groups is 3. The van der Waals surface area contributed by atoms with Crippen molar-refractivity contribution < 1.29 is 33.3 Å². The van der Waals surface area contributed by atoms with Crippen LogP contribution in [0.5, 0.6) is 5.75 Å². The Bertz CT molecular complexity index is 1290. The molecule has 220 valence electrons. The van der Waals surface area contributed by atoms with Gasteiger partial charge in [-0.1, -0.05) is 44.2 Å². The molecule has 2 atom stereocenters. The Balaban J connectivity index is 1.70. The Morgan fingerprint density at radius 3 is 2.41 bits per heavy atom. The normalized spacial score (nSPS) is 18.4. The molecule has 2 aliphatic rings. The molecule has 0 bridgehead atoms. The predicted molar refractivity (Wildman–Crippen MR) is 154 cm³/mol. The smallest absolute Gasteiger partial charge is 0.343 e. The molecule has 8 nitrogen and oxygen atoms in total. The van der Waals surface area contributed by atoms with Crippen LogP contribution >= 0.6 is 0 Å². The summed E-state index contributed by atoms with van der Waals surface area (Å²) in [7, 11) is 1.64. The van der Waals surface area contributed by atoms with Crippen LogP contribution in [-0.2, 0) is 36.8 Å². The molecule has 4 rings (SSSR count). The second-order valence-corrected chi connectivity index (χ2v) is 12.0. The number of benzene rings is 2. The van der Waals surface area contributed by atoms with Gasteiger partial charge in [-0.25, -0.2) is 9.59 Å². The van der Waals surface area contributed by atoms with Crippen molar-refractivity contribution >= 4 is 17.7 Å². The molecule has 0 fully saturated rings. The standard InChI is InChI=1S/C33H41NO7/c1-21(2)27-15-23-16-30(39-14-10-13-38-6)25(31(36)40-20-22-11-8-7-9-12-22)17-24(23)28-18-29(35)26(19-34(27)28)32(37)41-33(3,4)5/h7-9,11-12,16-17,19,21,27-28H,10,13-15,18,20H2,1-6H3. The number of ether oxygens (including phenoxy) is 4. The number of hydrogen-bond acceptors (Lipinski definition) is 8. The maximum atomic E-state index is 13.4. The van der Waals surface area contributed by atoms with Crippen LogP contribution in [-0.4, -0.2) is 54.6 Å². The van der Waals surface area contributed by atoms with Crippen molar-refractivity contribution in [2.45, 2.75) is 78.2 Å². The van der Waals surface area contributed by atoms with E-state index in [2.05, 4.69) is 18.7 Å². The molecule has 41 heavy (non-hydrogen) atoms. The van der Waals surface area contributed by atoms with Crippen LogP contribution in [0.1, 0.15) is 80.6 Å². The molecular formula is C33H41NO7. The third-order valence-corrected chi connectivity index (χ3v) is 7.30.